The van der Waals surface area contributed by atoms with Crippen LogP contribution in [0, 0.1) is 34.0 Å². The Morgan fingerprint density at radius 1 is 1.04 bits per heavy atom. The minimum absolute atomic E-state index is 0.0159. The quantitative estimate of drug-likeness (QED) is 0.484. The zero-order chi connectivity index (χ0) is 18.9. The number of carbonyl (C=O) groups excluding carboxylic acids is 2. The van der Waals surface area contributed by atoms with Gasteiger partial charge in [0.25, 0.3) is 0 Å². The number of hydrogen-bond donors (Lipinski definition) is 0. The minimum Gasteiger partial charge on any atom is -0.462 e. The summed E-state index contributed by atoms with van der Waals surface area (Å²) in [5.41, 5.74) is 1.54. The molecule has 0 aromatic rings. The Balaban J connectivity index is 1.69. The topological polar surface area (TPSA) is 43.4 Å². The summed E-state index contributed by atoms with van der Waals surface area (Å²) in [6.07, 6.45) is 9.72. The normalized spacial score (nSPS) is 46.7. The molecule has 3 heteroatoms. The van der Waals surface area contributed by atoms with Crippen molar-refractivity contribution in [3.8, 4) is 0 Å². The average Bonchev–Trinajstić information content (AvgIpc) is 2.86. The molecule has 0 aliphatic heterocycles. The third kappa shape index (κ3) is 2.31. The molecule has 0 saturated heterocycles. The van der Waals surface area contributed by atoms with E-state index in [9.17, 15) is 9.59 Å². The summed E-state index contributed by atoms with van der Waals surface area (Å²) in [4.78, 5) is 24.1. The third-order valence-corrected chi connectivity index (χ3v) is 8.91. The molecular weight excluding hydrogens is 324 g/mol. The van der Waals surface area contributed by atoms with E-state index in [0.717, 1.165) is 38.5 Å². The van der Waals surface area contributed by atoms with E-state index in [2.05, 4.69) is 33.8 Å². The first-order chi connectivity index (χ1) is 12.1. The molecule has 0 aromatic heterocycles. The molecule has 26 heavy (non-hydrogen) atoms. The van der Waals surface area contributed by atoms with Gasteiger partial charge in [-0.25, -0.2) is 0 Å². The predicted octanol–water partition coefficient (Wildman–Crippen LogP) is 5.09. The molecule has 0 spiro atoms. The van der Waals surface area contributed by atoms with E-state index in [0.29, 0.717) is 23.5 Å². The van der Waals surface area contributed by atoms with Crippen molar-refractivity contribution in [3.63, 3.8) is 0 Å². The van der Waals surface area contributed by atoms with Crippen LogP contribution in [0.1, 0.15) is 79.6 Å². The van der Waals surface area contributed by atoms with Crippen LogP contribution in [0.25, 0.3) is 0 Å². The highest BCUT2D eigenvalue weighted by Crippen LogP contribution is 2.66. The van der Waals surface area contributed by atoms with Crippen LogP contribution in [0.2, 0.25) is 0 Å². The number of rotatable bonds is 1. The molecule has 4 aliphatic carbocycles. The second-order valence-electron chi connectivity index (χ2n) is 10.4. The summed E-state index contributed by atoms with van der Waals surface area (Å²) >= 11 is 0. The van der Waals surface area contributed by atoms with Crippen LogP contribution < -0.4 is 0 Å². The van der Waals surface area contributed by atoms with Crippen LogP contribution in [0.15, 0.2) is 11.6 Å². The lowest BCUT2D eigenvalue weighted by Crippen LogP contribution is -2.55. The van der Waals surface area contributed by atoms with Gasteiger partial charge in [-0.3, -0.25) is 9.59 Å². The number of allylic oxidation sites excluding steroid dienone is 1. The molecule has 0 N–H and O–H groups in total. The van der Waals surface area contributed by atoms with Gasteiger partial charge in [0.1, 0.15) is 11.9 Å². The largest absolute Gasteiger partial charge is 0.462 e. The number of ether oxygens (including phenoxy) is 1. The summed E-state index contributed by atoms with van der Waals surface area (Å²) in [5, 5.41) is 0. The third-order valence-electron chi connectivity index (χ3n) is 8.91. The Kier molecular flexibility index (Phi) is 3.99. The fourth-order valence-electron chi connectivity index (χ4n) is 7.56. The van der Waals surface area contributed by atoms with Gasteiger partial charge >= 0.3 is 5.97 Å². The van der Waals surface area contributed by atoms with Crippen molar-refractivity contribution in [3.05, 3.63) is 11.6 Å². The van der Waals surface area contributed by atoms with E-state index in [1.807, 2.05) is 0 Å². The lowest BCUT2D eigenvalue weighted by Gasteiger charge is -2.60. The fraction of sp³-hybridized carbons (Fsp3) is 0.826. The zero-order valence-electron chi connectivity index (χ0n) is 17.1. The maximum absolute atomic E-state index is 12.6. The number of ketones is 1. The molecule has 0 bridgehead atoms. The van der Waals surface area contributed by atoms with Crippen molar-refractivity contribution in [1.82, 2.24) is 0 Å². The molecule has 0 aromatic carbocycles. The van der Waals surface area contributed by atoms with E-state index >= 15 is 0 Å². The van der Waals surface area contributed by atoms with Crippen LogP contribution in [0.3, 0.4) is 0 Å². The molecule has 0 radical (unpaired) electrons. The summed E-state index contributed by atoms with van der Waals surface area (Å²) in [7, 11) is 0. The Morgan fingerprint density at radius 2 is 1.69 bits per heavy atom. The fourth-order valence-corrected chi connectivity index (χ4v) is 7.56. The monoisotopic (exact) mass is 358 g/mol. The molecule has 3 nitrogen and oxygen atoms in total. The van der Waals surface area contributed by atoms with Gasteiger partial charge in [-0.15, -0.1) is 0 Å². The van der Waals surface area contributed by atoms with Gasteiger partial charge in [-0.2, -0.15) is 0 Å². The number of hydrogen-bond acceptors (Lipinski definition) is 3. The van der Waals surface area contributed by atoms with E-state index < -0.39 is 0 Å². The minimum atomic E-state index is -0.168. The SMILES string of the molecule is CC(=O)O[C@H]1CC[C@@]2(C)C(=CC[C@@H]3[C@@H]2CC[C@]2(C)C(=O)CC[C@@H]32)C1(C)C. The van der Waals surface area contributed by atoms with Gasteiger partial charge in [-0.1, -0.05) is 39.3 Å². The van der Waals surface area contributed by atoms with Crippen molar-refractivity contribution >= 4 is 11.8 Å². The van der Waals surface area contributed by atoms with E-state index in [1.165, 1.54) is 18.9 Å². The van der Waals surface area contributed by atoms with E-state index in [1.54, 1.807) is 0 Å². The van der Waals surface area contributed by atoms with Gasteiger partial charge in [0.05, 0.1) is 0 Å². The summed E-state index contributed by atoms with van der Waals surface area (Å²) in [6, 6.07) is 0. The summed E-state index contributed by atoms with van der Waals surface area (Å²) in [5.74, 6) is 2.23. The van der Waals surface area contributed by atoms with Crippen molar-refractivity contribution in [2.45, 2.75) is 85.7 Å². The molecule has 3 saturated carbocycles. The van der Waals surface area contributed by atoms with Crippen LogP contribution in [-0.2, 0) is 14.3 Å². The summed E-state index contributed by atoms with van der Waals surface area (Å²) in [6.45, 7) is 10.7. The number of esters is 1. The van der Waals surface area contributed by atoms with Gasteiger partial charge in [-0.05, 0) is 61.7 Å². The van der Waals surface area contributed by atoms with Crippen molar-refractivity contribution in [1.29, 1.82) is 0 Å². The molecular formula is C23H34O3. The van der Waals surface area contributed by atoms with Crippen LogP contribution in [0.5, 0.6) is 0 Å². The molecule has 144 valence electrons. The number of Topliss-reactive ketones (excluding diaryl/α,β-unsaturated/α-hetero) is 1. The van der Waals surface area contributed by atoms with Crippen molar-refractivity contribution in [2.75, 3.05) is 0 Å². The number of carbonyl (C=O) groups is 2. The Hall–Kier alpha value is -1.12. The lowest BCUT2D eigenvalue weighted by atomic mass is 9.45. The van der Waals surface area contributed by atoms with Gasteiger partial charge in [0.2, 0.25) is 0 Å². The van der Waals surface area contributed by atoms with Crippen LogP contribution in [-0.4, -0.2) is 17.9 Å². The molecule has 3 fully saturated rings. The molecule has 6 atom stereocenters. The first-order valence-corrected chi connectivity index (χ1v) is 10.5. The Labute approximate surface area is 157 Å². The lowest BCUT2D eigenvalue weighted by molar-refractivity contribution is -0.156. The highest BCUT2D eigenvalue weighted by atomic mass is 16.5. The zero-order valence-corrected chi connectivity index (χ0v) is 17.1. The van der Waals surface area contributed by atoms with Crippen LogP contribution >= 0.6 is 0 Å². The standard InChI is InChI=1S/C23H34O3/c1-14(24)26-20-11-13-22(4)17-10-12-23(5)16(7-9-19(23)25)15(17)6-8-18(22)21(20,2)3/h8,15-17,20H,6-7,9-13H2,1-5H3/t15-,16-,17-,20-,22+,23-/m0/s1. The highest BCUT2D eigenvalue weighted by Gasteiger charge is 2.61. The van der Waals surface area contributed by atoms with Crippen LogP contribution in [0.4, 0.5) is 0 Å². The van der Waals surface area contributed by atoms with Gasteiger partial charge in [0.15, 0.2) is 0 Å². The second kappa shape index (κ2) is 5.69. The first-order valence-electron chi connectivity index (χ1n) is 10.5. The van der Waals surface area contributed by atoms with Gasteiger partial charge < -0.3 is 4.74 Å². The molecule has 0 heterocycles. The first kappa shape index (κ1) is 18.3. The predicted molar refractivity (Wildman–Crippen MR) is 101 cm³/mol. The molecule has 0 amide bonds. The maximum atomic E-state index is 12.6. The molecule has 0 unspecified atom stereocenters. The Bertz CT molecular complexity index is 675. The van der Waals surface area contributed by atoms with Crippen molar-refractivity contribution in [2.24, 2.45) is 34.0 Å². The Morgan fingerprint density at radius 3 is 2.38 bits per heavy atom. The average molecular weight is 359 g/mol. The second-order valence-corrected chi connectivity index (χ2v) is 10.4. The smallest absolute Gasteiger partial charge is 0.302 e. The molecule has 4 aliphatic rings. The van der Waals surface area contributed by atoms with E-state index in [-0.39, 0.29) is 28.3 Å². The summed E-state index contributed by atoms with van der Waals surface area (Å²) < 4.78 is 5.71. The maximum Gasteiger partial charge on any atom is 0.302 e. The van der Waals surface area contributed by atoms with Crippen molar-refractivity contribution < 1.29 is 14.3 Å². The van der Waals surface area contributed by atoms with Gasteiger partial charge in [0, 0.05) is 24.2 Å². The highest BCUT2D eigenvalue weighted by molar-refractivity contribution is 5.87. The van der Waals surface area contributed by atoms with E-state index in [4.69, 9.17) is 4.74 Å². The molecule has 4 rings (SSSR count). The number of fused-ring (bicyclic) bond motifs is 5.